The number of hydrogen-bond acceptors (Lipinski definition) is 4. The van der Waals surface area contributed by atoms with Gasteiger partial charge in [0.25, 0.3) is 0 Å². The molecule has 0 aromatic carbocycles. The van der Waals surface area contributed by atoms with Crippen LogP contribution in [0, 0.1) is 17.0 Å². The van der Waals surface area contributed by atoms with Crippen molar-refractivity contribution in [1.82, 2.24) is 14.8 Å². The number of hydrogen-bond donors (Lipinski definition) is 0. The van der Waals surface area contributed by atoms with Crippen LogP contribution >= 0.6 is 15.9 Å². The first-order valence-electron chi connectivity index (χ1n) is 6.37. The van der Waals surface area contributed by atoms with E-state index in [9.17, 15) is 10.1 Å². The Kier molecular flexibility index (Phi) is 4.17. The van der Waals surface area contributed by atoms with Crippen molar-refractivity contribution in [3.05, 3.63) is 43.8 Å². The van der Waals surface area contributed by atoms with Gasteiger partial charge in [0.1, 0.15) is 11.4 Å². The van der Waals surface area contributed by atoms with E-state index in [0.717, 1.165) is 10.0 Å². The minimum absolute atomic E-state index is 0.109. The first-order valence-corrected chi connectivity index (χ1v) is 7.16. The molecule has 0 aliphatic carbocycles. The molecule has 2 rings (SSSR count). The van der Waals surface area contributed by atoms with Crippen molar-refractivity contribution in [2.75, 3.05) is 0 Å². The van der Waals surface area contributed by atoms with Gasteiger partial charge in [0.15, 0.2) is 5.82 Å². The van der Waals surface area contributed by atoms with Crippen molar-refractivity contribution in [1.29, 1.82) is 0 Å². The highest BCUT2D eigenvalue weighted by atomic mass is 79.9. The van der Waals surface area contributed by atoms with E-state index in [0.29, 0.717) is 30.0 Å². The Morgan fingerprint density at radius 1 is 1.40 bits per heavy atom. The third-order valence-electron chi connectivity index (χ3n) is 3.12. The molecule has 2 aromatic rings. The van der Waals surface area contributed by atoms with Gasteiger partial charge in [0, 0.05) is 10.7 Å². The van der Waals surface area contributed by atoms with Crippen molar-refractivity contribution in [2.24, 2.45) is 0 Å². The number of aromatic nitrogens is 3. The minimum atomic E-state index is -0.354. The van der Waals surface area contributed by atoms with Crippen molar-refractivity contribution < 1.29 is 4.92 Å². The number of aryl methyl sites for hydroxylation is 2. The summed E-state index contributed by atoms with van der Waals surface area (Å²) in [6.45, 7) is 5.69. The number of nitro groups is 1. The lowest BCUT2D eigenvalue weighted by molar-refractivity contribution is -0.386. The van der Waals surface area contributed by atoms with Gasteiger partial charge in [-0.25, -0.2) is 9.67 Å². The van der Waals surface area contributed by atoms with Gasteiger partial charge in [0.05, 0.1) is 4.92 Å². The Labute approximate surface area is 125 Å². The third-order valence-corrected chi connectivity index (χ3v) is 3.96. The molecule has 0 spiro atoms. The first kappa shape index (κ1) is 14.6. The van der Waals surface area contributed by atoms with Crippen LogP contribution in [0.1, 0.15) is 30.8 Å². The number of nitrogens with zero attached hydrogens (tertiary/aromatic N) is 4. The molecule has 20 heavy (non-hydrogen) atoms. The van der Waals surface area contributed by atoms with E-state index in [1.54, 1.807) is 10.9 Å². The fraction of sp³-hybridized carbons (Fsp3) is 0.385. The molecule has 0 unspecified atom stereocenters. The molecule has 0 saturated heterocycles. The Hall–Kier alpha value is -1.76. The molecule has 2 aromatic heterocycles. The summed E-state index contributed by atoms with van der Waals surface area (Å²) >= 11 is 3.39. The summed E-state index contributed by atoms with van der Waals surface area (Å²) in [5.41, 5.74) is 2.20. The van der Waals surface area contributed by atoms with Gasteiger partial charge in [-0.15, -0.1) is 0 Å². The predicted molar refractivity (Wildman–Crippen MR) is 79.2 cm³/mol. The van der Waals surface area contributed by atoms with Crippen LogP contribution in [0.25, 0.3) is 5.82 Å². The molecule has 0 radical (unpaired) electrons. The standard InChI is InChI=1S/C13H15BrN4O2/c1-4-10-13(18(19)20)11(5-2)17(16-10)12-6-8(3)9(14)7-15-12/h6-7H,4-5H2,1-3H3. The van der Waals surface area contributed by atoms with Crippen LogP contribution in [-0.2, 0) is 12.8 Å². The average Bonchev–Trinajstić information content (AvgIpc) is 2.80. The summed E-state index contributed by atoms with van der Waals surface area (Å²) in [5, 5.41) is 15.6. The van der Waals surface area contributed by atoms with Gasteiger partial charge in [-0.05, 0) is 47.3 Å². The fourth-order valence-electron chi connectivity index (χ4n) is 2.09. The molecule has 106 valence electrons. The topological polar surface area (TPSA) is 73.8 Å². The lowest BCUT2D eigenvalue weighted by atomic mass is 10.2. The molecular weight excluding hydrogens is 324 g/mol. The summed E-state index contributed by atoms with van der Waals surface area (Å²) in [6, 6.07) is 1.86. The van der Waals surface area contributed by atoms with Crippen LogP contribution in [0.4, 0.5) is 5.69 Å². The van der Waals surface area contributed by atoms with E-state index < -0.39 is 0 Å². The van der Waals surface area contributed by atoms with Crippen LogP contribution in [0.15, 0.2) is 16.7 Å². The SMILES string of the molecule is CCc1nn(-c2cc(C)c(Br)cn2)c(CC)c1[N+](=O)[O-]. The van der Waals surface area contributed by atoms with E-state index in [-0.39, 0.29) is 10.6 Å². The van der Waals surface area contributed by atoms with E-state index in [4.69, 9.17) is 0 Å². The molecule has 0 amide bonds. The first-order chi connectivity index (χ1) is 9.49. The van der Waals surface area contributed by atoms with E-state index in [1.165, 1.54) is 0 Å². The Balaban J connectivity index is 2.67. The second-order valence-electron chi connectivity index (χ2n) is 4.41. The maximum Gasteiger partial charge on any atom is 0.313 e. The van der Waals surface area contributed by atoms with Crippen LogP contribution < -0.4 is 0 Å². The summed E-state index contributed by atoms with van der Waals surface area (Å²) < 4.78 is 2.48. The second kappa shape index (κ2) is 5.70. The molecule has 0 bridgehead atoms. The Bertz CT molecular complexity index is 667. The van der Waals surface area contributed by atoms with Crippen LogP contribution in [-0.4, -0.2) is 19.7 Å². The summed E-state index contributed by atoms with van der Waals surface area (Å²) in [4.78, 5) is 15.2. The Morgan fingerprint density at radius 2 is 2.10 bits per heavy atom. The highest BCUT2D eigenvalue weighted by molar-refractivity contribution is 9.10. The molecule has 0 aliphatic rings. The van der Waals surface area contributed by atoms with Gasteiger partial charge >= 0.3 is 5.69 Å². The molecule has 7 heteroatoms. The number of rotatable bonds is 4. The van der Waals surface area contributed by atoms with Gasteiger partial charge in [0.2, 0.25) is 0 Å². The zero-order chi connectivity index (χ0) is 14.9. The third kappa shape index (κ3) is 2.45. The normalized spacial score (nSPS) is 10.8. The molecule has 0 fully saturated rings. The van der Waals surface area contributed by atoms with Crippen molar-refractivity contribution in [3.63, 3.8) is 0 Å². The predicted octanol–water partition coefficient (Wildman–Crippen LogP) is 3.37. The van der Waals surface area contributed by atoms with Crippen LogP contribution in [0.2, 0.25) is 0 Å². The van der Waals surface area contributed by atoms with Crippen LogP contribution in [0.5, 0.6) is 0 Å². The molecule has 2 heterocycles. The maximum atomic E-state index is 11.3. The smallest absolute Gasteiger partial charge is 0.258 e. The second-order valence-corrected chi connectivity index (χ2v) is 5.26. The summed E-state index contributed by atoms with van der Waals surface area (Å²) in [7, 11) is 0. The zero-order valence-electron chi connectivity index (χ0n) is 11.6. The lowest BCUT2D eigenvalue weighted by Crippen LogP contribution is -2.05. The summed E-state index contributed by atoms with van der Waals surface area (Å²) in [5.74, 6) is 0.602. The van der Waals surface area contributed by atoms with E-state index in [2.05, 4.69) is 26.0 Å². The van der Waals surface area contributed by atoms with E-state index >= 15 is 0 Å². The molecular formula is C13H15BrN4O2. The van der Waals surface area contributed by atoms with Gasteiger partial charge in [-0.2, -0.15) is 5.10 Å². The van der Waals surface area contributed by atoms with Crippen molar-refractivity contribution in [2.45, 2.75) is 33.6 Å². The molecule has 6 nitrogen and oxygen atoms in total. The fourth-order valence-corrected chi connectivity index (χ4v) is 2.31. The average molecular weight is 339 g/mol. The van der Waals surface area contributed by atoms with Crippen LogP contribution in [0.3, 0.4) is 0 Å². The molecule has 0 aliphatic heterocycles. The van der Waals surface area contributed by atoms with Crippen molar-refractivity contribution >= 4 is 21.6 Å². The van der Waals surface area contributed by atoms with Gasteiger partial charge in [-0.1, -0.05) is 13.8 Å². The molecule has 0 N–H and O–H groups in total. The maximum absolute atomic E-state index is 11.3. The zero-order valence-corrected chi connectivity index (χ0v) is 13.1. The largest absolute Gasteiger partial charge is 0.313 e. The quantitative estimate of drug-likeness (QED) is 0.632. The number of pyridine rings is 1. The van der Waals surface area contributed by atoms with Gasteiger partial charge in [-0.3, -0.25) is 10.1 Å². The monoisotopic (exact) mass is 338 g/mol. The molecule has 0 atom stereocenters. The van der Waals surface area contributed by atoms with Crippen molar-refractivity contribution in [3.8, 4) is 5.82 Å². The molecule has 0 saturated carbocycles. The Morgan fingerprint density at radius 3 is 2.60 bits per heavy atom. The lowest BCUT2D eigenvalue weighted by Gasteiger charge is -2.06. The highest BCUT2D eigenvalue weighted by Gasteiger charge is 2.26. The van der Waals surface area contributed by atoms with Gasteiger partial charge < -0.3 is 0 Å². The summed E-state index contributed by atoms with van der Waals surface area (Å²) in [6.07, 6.45) is 2.73. The highest BCUT2D eigenvalue weighted by Crippen LogP contribution is 2.27. The minimum Gasteiger partial charge on any atom is -0.258 e. The number of halogens is 1. The van der Waals surface area contributed by atoms with E-state index in [1.807, 2.05) is 26.8 Å².